The van der Waals surface area contributed by atoms with Gasteiger partial charge in [-0.25, -0.2) is 4.39 Å². The maximum absolute atomic E-state index is 13.6. The Morgan fingerprint density at radius 3 is 2.23 bits per heavy atom. The molecule has 0 unspecified atom stereocenters. The summed E-state index contributed by atoms with van der Waals surface area (Å²) in [7, 11) is 0. The van der Waals surface area contributed by atoms with E-state index in [1.165, 1.54) is 11.6 Å². The van der Waals surface area contributed by atoms with Crippen LogP contribution in [0.5, 0.6) is 0 Å². The average molecular weight is 356 g/mol. The van der Waals surface area contributed by atoms with E-state index in [2.05, 4.69) is 10.6 Å². The van der Waals surface area contributed by atoms with Crippen LogP contribution in [-0.4, -0.2) is 18.4 Å². The zero-order valence-electron chi connectivity index (χ0n) is 15.2. The van der Waals surface area contributed by atoms with E-state index in [4.69, 9.17) is 0 Å². The fraction of sp³-hybridized carbons (Fsp3) is 0.333. The molecule has 0 fully saturated rings. The van der Waals surface area contributed by atoms with Gasteiger partial charge in [0.25, 0.3) is 0 Å². The molecule has 0 saturated heterocycles. The van der Waals surface area contributed by atoms with E-state index in [1.807, 2.05) is 30.3 Å². The lowest BCUT2D eigenvalue weighted by Crippen LogP contribution is -2.47. The van der Waals surface area contributed by atoms with Crippen molar-refractivity contribution < 1.29 is 14.0 Å². The lowest BCUT2D eigenvalue weighted by Gasteiger charge is -2.23. The molecule has 2 rings (SSSR count). The Morgan fingerprint density at radius 1 is 0.923 bits per heavy atom. The van der Waals surface area contributed by atoms with Gasteiger partial charge in [-0.05, 0) is 38.3 Å². The average Bonchev–Trinajstić information content (AvgIpc) is 2.65. The number of nitrogens with one attached hydrogen (secondary N) is 2. The second-order valence-electron chi connectivity index (χ2n) is 6.74. The SMILES string of the molecule is CC(C)(C(=O)NCCCc1ccccc1)C(=O)NCc1ccccc1F. The molecule has 0 atom stereocenters. The number of benzene rings is 2. The minimum atomic E-state index is -1.22. The molecule has 138 valence electrons. The fourth-order valence-electron chi connectivity index (χ4n) is 2.50. The predicted molar refractivity (Wildman–Crippen MR) is 99.8 cm³/mol. The summed E-state index contributed by atoms with van der Waals surface area (Å²) in [6.07, 6.45) is 1.66. The highest BCUT2D eigenvalue weighted by molar-refractivity contribution is 6.04. The standard InChI is InChI=1S/C21H25FN2O2/c1-21(2,20(26)24-15-17-12-6-7-13-18(17)22)19(25)23-14-8-11-16-9-4-3-5-10-16/h3-7,9-10,12-13H,8,11,14-15H2,1-2H3,(H,23,25)(H,24,26). The zero-order valence-corrected chi connectivity index (χ0v) is 15.2. The van der Waals surface area contributed by atoms with Crippen molar-refractivity contribution in [1.29, 1.82) is 0 Å². The first kappa shape index (κ1) is 19.6. The minimum absolute atomic E-state index is 0.0518. The van der Waals surface area contributed by atoms with Crippen LogP contribution in [0.4, 0.5) is 4.39 Å². The van der Waals surface area contributed by atoms with Gasteiger partial charge < -0.3 is 10.6 Å². The molecule has 0 aromatic heterocycles. The first-order valence-electron chi connectivity index (χ1n) is 8.75. The van der Waals surface area contributed by atoms with Crippen molar-refractivity contribution in [3.8, 4) is 0 Å². The summed E-state index contributed by atoms with van der Waals surface area (Å²) in [5, 5.41) is 5.45. The second kappa shape index (κ2) is 9.13. The summed E-state index contributed by atoms with van der Waals surface area (Å²) in [6, 6.07) is 16.3. The van der Waals surface area contributed by atoms with Crippen LogP contribution in [0.2, 0.25) is 0 Å². The molecule has 5 heteroatoms. The molecule has 2 aromatic rings. The van der Waals surface area contributed by atoms with E-state index < -0.39 is 11.3 Å². The molecular weight excluding hydrogens is 331 g/mol. The third-order valence-electron chi connectivity index (χ3n) is 4.30. The van der Waals surface area contributed by atoms with Crippen molar-refractivity contribution in [2.75, 3.05) is 6.54 Å². The van der Waals surface area contributed by atoms with Crippen LogP contribution in [0.3, 0.4) is 0 Å². The molecule has 2 aromatic carbocycles. The van der Waals surface area contributed by atoms with Crippen LogP contribution in [0.1, 0.15) is 31.4 Å². The van der Waals surface area contributed by atoms with Gasteiger partial charge in [-0.1, -0.05) is 48.5 Å². The molecule has 0 heterocycles. The van der Waals surface area contributed by atoms with Crippen LogP contribution in [-0.2, 0) is 22.6 Å². The number of carbonyl (C=O) groups excluding carboxylic acids is 2. The molecule has 0 aliphatic rings. The highest BCUT2D eigenvalue weighted by atomic mass is 19.1. The largest absolute Gasteiger partial charge is 0.355 e. The van der Waals surface area contributed by atoms with Gasteiger partial charge in [0.05, 0.1) is 0 Å². The van der Waals surface area contributed by atoms with Crippen LogP contribution >= 0.6 is 0 Å². The quantitative estimate of drug-likeness (QED) is 0.564. The predicted octanol–water partition coefficient (Wildman–Crippen LogP) is 3.22. The summed E-state index contributed by atoms with van der Waals surface area (Å²) in [4.78, 5) is 24.7. The van der Waals surface area contributed by atoms with Crippen LogP contribution in [0.15, 0.2) is 54.6 Å². The normalized spacial score (nSPS) is 11.0. The number of carbonyl (C=O) groups is 2. The smallest absolute Gasteiger partial charge is 0.235 e. The van der Waals surface area contributed by atoms with Gasteiger partial charge >= 0.3 is 0 Å². The summed E-state index contributed by atoms with van der Waals surface area (Å²) in [6.45, 7) is 3.68. The van der Waals surface area contributed by atoms with Gasteiger partial charge in [0.15, 0.2) is 0 Å². The zero-order chi connectivity index (χ0) is 19.0. The Morgan fingerprint density at radius 2 is 1.54 bits per heavy atom. The van der Waals surface area contributed by atoms with Crippen LogP contribution < -0.4 is 10.6 Å². The lowest BCUT2D eigenvalue weighted by atomic mass is 9.91. The minimum Gasteiger partial charge on any atom is -0.355 e. The van der Waals surface area contributed by atoms with E-state index >= 15 is 0 Å². The van der Waals surface area contributed by atoms with Gasteiger partial charge in [0, 0.05) is 18.7 Å². The Labute approximate surface area is 153 Å². The van der Waals surface area contributed by atoms with Gasteiger partial charge in [0.1, 0.15) is 11.2 Å². The first-order chi connectivity index (χ1) is 12.4. The first-order valence-corrected chi connectivity index (χ1v) is 8.75. The molecule has 0 spiro atoms. The number of aryl methyl sites for hydroxylation is 1. The van der Waals surface area contributed by atoms with E-state index in [1.54, 1.807) is 32.0 Å². The molecule has 26 heavy (non-hydrogen) atoms. The summed E-state index contributed by atoms with van der Waals surface area (Å²) < 4.78 is 13.6. The van der Waals surface area contributed by atoms with Crippen molar-refractivity contribution >= 4 is 11.8 Å². The lowest BCUT2D eigenvalue weighted by molar-refractivity contribution is -0.141. The number of hydrogen-bond donors (Lipinski definition) is 2. The van der Waals surface area contributed by atoms with Crippen molar-refractivity contribution in [2.45, 2.75) is 33.2 Å². The number of amides is 2. The van der Waals surface area contributed by atoms with E-state index in [9.17, 15) is 14.0 Å². The maximum Gasteiger partial charge on any atom is 0.235 e. The van der Waals surface area contributed by atoms with E-state index in [-0.39, 0.29) is 18.3 Å². The molecule has 0 aliphatic carbocycles. The fourth-order valence-corrected chi connectivity index (χ4v) is 2.50. The summed E-state index contributed by atoms with van der Waals surface area (Å²) in [5.74, 6) is -1.14. The molecule has 0 radical (unpaired) electrons. The Hall–Kier alpha value is -2.69. The Bertz CT molecular complexity index is 745. The topological polar surface area (TPSA) is 58.2 Å². The van der Waals surface area contributed by atoms with E-state index in [0.29, 0.717) is 12.1 Å². The summed E-state index contributed by atoms with van der Waals surface area (Å²) in [5.41, 5.74) is 0.376. The van der Waals surface area contributed by atoms with Crippen LogP contribution in [0, 0.1) is 11.2 Å². The van der Waals surface area contributed by atoms with Crippen LogP contribution in [0.25, 0.3) is 0 Å². The van der Waals surface area contributed by atoms with Gasteiger partial charge in [-0.2, -0.15) is 0 Å². The van der Waals surface area contributed by atoms with Gasteiger partial charge in [-0.3, -0.25) is 9.59 Å². The molecular formula is C21H25FN2O2. The third-order valence-corrected chi connectivity index (χ3v) is 4.30. The highest BCUT2D eigenvalue weighted by Crippen LogP contribution is 2.16. The third kappa shape index (κ3) is 5.41. The van der Waals surface area contributed by atoms with Crippen molar-refractivity contribution in [1.82, 2.24) is 10.6 Å². The second-order valence-corrected chi connectivity index (χ2v) is 6.74. The van der Waals surface area contributed by atoms with Gasteiger partial charge in [0.2, 0.25) is 11.8 Å². The molecule has 0 bridgehead atoms. The Kier molecular flexibility index (Phi) is 6.89. The molecule has 0 saturated carbocycles. The Balaban J connectivity index is 1.78. The summed E-state index contributed by atoms with van der Waals surface area (Å²) >= 11 is 0. The number of rotatable bonds is 8. The highest BCUT2D eigenvalue weighted by Gasteiger charge is 2.35. The van der Waals surface area contributed by atoms with E-state index in [0.717, 1.165) is 12.8 Å². The van der Waals surface area contributed by atoms with Crippen molar-refractivity contribution in [3.63, 3.8) is 0 Å². The molecule has 0 aliphatic heterocycles. The van der Waals surface area contributed by atoms with Crippen molar-refractivity contribution in [2.24, 2.45) is 5.41 Å². The van der Waals surface area contributed by atoms with Crippen molar-refractivity contribution in [3.05, 3.63) is 71.5 Å². The number of halogens is 1. The molecule has 2 amide bonds. The monoisotopic (exact) mass is 356 g/mol. The molecule has 2 N–H and O–H groups in total. The maximum atomic E-state index is 13.6. The molecule has 4 nitrogen and oxygen atoms in total. The van der Waals surface area contributed by atoms with Gasteiger partial charge in [-0.15, -0.1) is 0 Å². The number of hydrogen-bond acceptors (Lipinski definition) is 2.